The summed E-state index contributed by atoms with van der Waals surface area (Å²) in [6.07, 6.45) is 3.00. The Labute approximate surface area is 224 Å². The molecule has 6 rings (SSSR count). The minimum Gasteiger partial charge on any atom is -0.491 e. The van der Waals surface area contributed by atoms with E-state index in [0.717, 1.165) is 47.6 Å². The first-order valence-electron chi connectivity index (χ1n) is 13.7. The second kappa shape index (κ2) is 9.79. The van der Waals surface area contributed by atoms with Crippen LogP contribution in [0.1, 0.15) is 68.2 Å². The van der Waals surface area contributed by atoms with E-state index in [-0.39, 0.29) is 29.6 Å². The van der Waals surface area contributed by atoms with Gasteiger partial charge in [0.25, 0.3) is 0 Å². The number of para-hydroxylation sites is 2. The van der Waals surface area contributed by atoms with Gasteiger partial charge < -0.3 is 10.1 Å². The molecule has 3 aliphatic rings. The van der Waals surface area contributed by atoms with Crippen LogP contribution in [-0.4, -0.2) is 17.8 Å². The van der Waals surface area contributed by atoms with Crippen LogP contribution >= 0.6 is 0 Å². The van der Waals surface area contributed by atoms with Gasteiger partial charge in [-0.2, -0.15) is 0 Å². The molecular formula is C33H34N2O3. The van der Waals surface area contributed by atoms with Gasteiger partial charge in [-0.25, -0.2) is 0 Å². The number of hydrogen-bond donors (Lipinski definition) is 1. The minimum absolute atomic E-state index is 0.00949. The van der Waals surface area contributed by atoms with E-state index in [1.807, 2.05) is 67.3 Å². The summed E-state index contributed by atoms with van der Waals surface area (Å²) in [6.45, 7) is 6.08. The number of Topliss-reactive ketones (excluding diaryl/α,β-unsaturated/α-hetero) is 1. The quantitative estimate of drug-likeness (QED) is 0.401. The number of anilines is 2. The van der Waals surface area contributed by atoms with Gasteiger partial charge in [-0.15, -0.1) is 0 Å². The summed E-state index contributed by atoms with van der Waals surface area (Å²) in [6, 6.07) is 23.9. The van der Waals surface area contributed by atoms with Crippen molar-refractivity contribution in [2.75, 3.05) is 10.2 Å². The molecule has 0 radical (unpaired) electrons. The maximum Gasteiger partial charge on any atom is 0.231 e. The zero-order valence-corrected chi connectivity index (χ0v) is 22.2. The molecule has 0 bridgehead atoms. The van der Waals surface area contributed by atoms with Gasteiger partial charge in [0.2, 0.25) is 5.91 Å². The summed E-state index contributed by atoms with van der Waals surface area (Å²) in [5.41, 5.74) is 6.61. The highest BCUT2D eigenvalue weighted by Gasteiger charge is 2.45. The molecule has 1 amide bonds. The van der Waals surface area contributed by atoms with Gasteiger partial charge in [-0.3, -0.25) is 14.5 Å². The molecule has 2 aliphatic carbocycles. The smallest absolute Gasteiger partial charge is 0.231 e. The van der Waals surface area contributed by atoms with Crippen molar-refractivity contribution in [3.05, 3.63) is 101 Å². The van der Waals surface area contributed by atoms with Crippen molar-refractivity contribution in [1.29, 1.82) is 0 Å². The van der Waals surface area contributed by atoms with Crippen LogP contribution in [0.25, 0.3) is 0 Å². The third kappa shape index (κ3) is 4.62. The van der Waals surface area contributed by atoms with Crippen LogP contribution in [0.3, 0.4) is 0 Å². The molecular weight excluding hydrogens is 472 g/mol. The lowest BCUT2D eigenvalue weighted by Crippen LogP contribution is -2.39. The van der Waals surface area contributed by atoms with Gasteiger partial charge >= 0.3 is 0 Å². The monoisotopic (exact) mass is 506 g/mol. The van der Waals surface area contributed by atoms with Crippen molar-refractivity contribution in [3.63, 3.8) is 0 Å². The molecule has 5 nitrogen and oxygen atoms in total. The Morgan fingerprint density at radius 1 is 0.921 bits per heavy atom. The van der Waals surface area contributed by atoms with E-state index >= 15 is 0 Å². The number of benzene rings is 3. The summed E-state index contributed by atoms with van der Waals surface area (Å²) in [7, 11) is 0. The Balaban J connectivity index is 1.49. The van der Waals surface area contributed by atoms with Crippen LogP contribution in [0.5, 0.6) is 5.75 Å². The SMILES string of the molecule is Cc1ccc([C@H]2CC(=O)C3=C(C2)Nc2ccccc2N(C(=O)C2CC2)[C@@H]3c2ccc(OC(C)C)cc2)cc1. The lowest BCUT2D eigenvalue weighted by atomic mass is 9.78. The fourth-order valence-corrected chi connectivity index (χ4v) is 5.75. The number of ether oxygens (including phenoxy) is 1. The lowest BCUT2D eigenvalue weighted by Gasteiger charge is -2.35. The Bertz CT molecular complexity index is 1400. The van der Waals surface area contributed by atoms with E-state index in [4.69, 9.17) is 4.74 Å². The average molecular weight is 507 g/mol. The predicted molar refractivity (Wildman–Crippen MR) is 150 cm³/mol. The van der Waals surface area contributed by atoms with Gasteiger partial charge in [-0.05, 0) is 81.3 Å². The molecule has 194 valence electrons. The van der Waals surface area contributed by atoms with E-state index in [2.05, 4.69) is 36.5 Å². The first-order chi connectivity index (χ1) is 18.4. The Morgan fingerprint density at radius 3 is 2.29 bits per heavy atom. The molecule has 1 fully saturated rings. The number of nitrogens with zero attached hydrogens (tertiary/aromatic N) is 1. The van der Waals surface area contributed by atoms with Gasteiger partial charge in [0, 0.05) is 23.6 Å². The molecule has 0 aromatic heterocycles. The number of carbonyl (C=O) groups excluding carboxylic acids is 2. The molecule has 0 spiro atoms. The first-order valence-corrected chi connectivity index (χ1v) is 13.7. The highest BCUT2D eigenvalue weighted by Crippen LogP contribution is 2.49. The molecule has 5 heteroatoms. The maximum absolute atomic E-state index is 14.1. The Morgan fingerprint density at radius 2 is 1.61 bits per heavy atom. The van der Waals surface area contributed by atoms with E-state index < -0.39 is 6.04 Å². The van der Waals surface area contributed by atoms with Crippen molar-refractivity contribution in [3.8, 4) is 5.75 Å². The second-order valence-corrected chi connectivity index (χ2v) is 11.1. The van der Waals surface area contributed by atoms with Crippen LogP contribution in [0.15, 0.2) is 84.1 Å². The third-order valence-corrected chi connectivity index (χ3v) is 7.77. The lowest BCUT2D eigenvalue weighted by molar-refractivity contribution is -0.120. The summed E-state index contributed by atoms with van der Waals surface area (Å²) in [5, 5.41) is 3.62. The van der Waals surface area contributed by atoms with Gasteiger partial charge in [0.15, 0.2) is 5.78 Å². The summed E-state index contributed by atoms with van der Waals surface area (Å²) >= 11 is 0. The van der Waals surface area contributed by atoms with E-state index in [1.54, 1.807) is 0 Å². The van der Waals surface area contributed by atoms with Gasteiger partial charge in [-0.1, -0.05) is 54.1 Å². The zero-order chi connectivity index (χ0) is 26.4. The standard InChI is InChI=1S/C33H34N2O3/c1-20(2)38-26-16-14-23(15-17-26)32-31-28(18-25(19-30(31)36)22-10-8-21(3)9-11-22)34-27-6-4-5-7-29(27)35(32)33(37)24-12-13-24/h4-11,14-17,20,24-25,32,34H,12-13,18-19H2,1-3H3/t25-,32-/m1/s1. The molecule has 1 N–H and O–H groups in total. The van der Waals surface area contributed by atoms with Crippen molar-refractivity contribution in [2.24, 2.45) is 5.92 Å². The number of fused-ring (bicyclic) bond motifs is 1. The van der Waals surface area contributed by atoms with Crippen LogP contribution in [0.4, 0.5) is 11.4 Å². The molecule has 38 heavy (non-hydrogen) atoms. The summed E-state index contributed by atoms with van der Waals surface area (Å²) in [5.74, 6) is 1.07. The molecule has 3 aromatic carbocycles. The largest absolute Gasteiger partial charge is 0.491 e. The predicted octanol–water partition coefficient (Wildman–Crippen LogP) is 7.09. The van der Waals surface area contributed by atoms with Crippen molar-refractivity contribution >= 4 is 23.1 Å². The average Bonchev–Trinajstić information content (AvgIpc) is 3.75. The maximum atomic E-state index is 14.1. The molecule has 1 saturated carbocycles. The molecule has 0 unspecified atom stereocenters. The van der Waals surface area contributed by atoms with E-state index in [0.29, 0.717) is 12.0 Å². The van der Waals surface area contributed by atoms with Crippen LogP contribution in [-0.2, 0) is 9.59 Å². The molecule has 2 atom stereocenters. The normalized spacial score (nSPS) is 20.9. The van der Waals surface area contributed by atoms with Crippen LogP contribution in [0.2, 0.25) is 0 Å². The number of rotatable bonds is 5. The number of ketones is 1. The second-order valence-electron chi connectivity index (χ2n) is 11.1. The van der Waals surface area contributed by atoms with E-state index in [9.17, 15) is 9.59 Å². The highest BCUT2D eigenvalue weighted by atomic mass is 16.5. The summed E-state index contributed by atoms with van der Waals surface area (Å²) in [4.78, 5) is 29.9. The molecule has 1 heterocycles. The molecule has 1 aliphatic heterocycles. The third-order valence-electron chi connectivity index (χ3n) is 7.77. The topological polar surface area (TPSA) is 58.6 Å². The number of nitrogens with one attached hydrogen (secondary N) is 1. The first kappa shape index (κ1) is 24.5. The molecule has 3 aromatic rings. The van der Waals surface area contributed by atoms with Crippen molar-refractivity contribution < 1.29 is 14.3 Å². The zero-order valence-electron chi connectivity index (χ0n) is 22.2. The fourth-order valence-electron chi connectivity index (χ4n) is 5.75. The van der Waals surface area contributed by atoms with E-state index in [1.165, 1.54) is 11.1 Å². The van der Waals surface area contributed by atoms with Crippen LogP contribution < -0.4 is 15.0 Å². The fraction of sp³-hybridized carbons (Fsp3) is 0.333. The number of amides is 1. The van der Waals surface area contributed by atoms with Crippen molar-refractivity contribution in [1.82, 2.24) is 0 Å². The number of hydrogen-bond acceptors (Lipinski definition) is 4. The minimum atomic E-state index is -0.492. The summed E-state index contributed by atoms with van der Waals surface area (Å²) < 4.78 is 5.89. The Kier molecular flexibility index (Phi) is 6.30. The van der Waals surface area contributed by atoms with Gasteiger partial charge in [0.1, 0.15) is 5.75 Å². The Hall–Kier alpha value is -3.86. The number of carbonyl (C=O) groups is 2. The van der Waals surface area contributed by atoms with Crippen LogP contribution in [0, 0.1) is 12.8 Å². The van der Waals surface area contributed by atoms with Crippen molar-refractivity contribution in [2.45, 2.75) is 64.5 Å². The molecule has 0 saturated heterocycles. The van der Waals surface area contributed by atoms with Gasteiger partial charge in [0.05, 0.1) is 23.5 Å². The highest BCUT2D eigenvalue weighted by molar-refractivity contribution is 6.07. The number of aryl methyl sites for hydroxylation is 1. The number of allylic oxidation sites excluding steroid dienone is 1.